The fourth-order valence-corrected chi connectivity index (χ4v) is 0.464. The fraction of sp³-hybridized carbons (Fsp3) is 0.833. The van der Waals surface area contributed by atoms with Crippen molar-refractivity contribution in [3.05, 3.63) is 0 Å². The highest BCUT2D eigenvalue weighted by atomic mass is 19.4. The van der Waals surface area contributed by atoms with Gasteiger partial charge in [-0.2, -0.15) is 13.2 Å². The highest BCUT2D eigenvalue weighted by Gasteiger charge is 2.25. The molecule has 0 aliphatic carbocycles. The van der Waals surface area contributed by atoms with Gasteiger partial charge >= 0.3 is 6.18 Å². The van der Waals surface area contributed by atoms with Gasteiger partial charge in [0.05, 0.1) is 12.3 Å². The Labute approximate surface area is 63.5 Å². The molecule has 1 N–H and O–H groups in total. The summed E-state index contributed by atoms with van der Waals surface area (Å²) in [6, 6.07) is 0. The van der Waals surface area contributed by atoms with E-state index in [0.717, 1.165) is 0 Å². The lowest BCUT2D eigenvalue weighted by Crippen LogP contribution is -2.25. The molecule has 0 amide bonds. The number of amidine groups is 1. The maximum atomic E-state index is 11.5. The Kier molecular flexibility index (Phi) is 3.92. The van der Waals surface area contributed by atoms with E-state index in [-0.39, 0.29) is 6.54 Å². The minimum absolute atomic E-state index is 0.104. The highest BCUT2D eigenvalue weighted by molar-refractivity contribution is 5.79. The molecular weight excluding hydrogens is 157 g/mol. The van der Waals surface area contributed by atoms with Crippen LogP contribution in [-0.2, 0) is 0 Å². The summed E-state index contributed by atoms with van der Waals surface area (Å²) in [4.78, 5) is 3.65. The second kappa shape index (κ2) is 4.20. The number of hydrogen-bond donors (Lipinski definition) is 1. The lowest BCUT2D eigenvalue weighted by molar-refractivity contribution is -0.132. The molecule has 0 aliphatic heterocycles. The molecule has 0 aliphatic rings. The lowest BCUT2D eigenvalue weighted by atomic mass is 10.4. The summed E-state index contributed by atoms with van der Waals surface area (Å²) < 4.78 is 34.6. The maximum Gasteiger partial charge on any atom is 0.390 e. The van der Waals surface area contributed by atoms with Crippen LogP contribution in [0.3, 0.4) is 0 Å². The molecule has 11 heavy (non-hydrogen) atoms. The van der Waals surface area contributed by atoms with E-state index in [1.165, 1.54) is 7.05 Å². The topological polar surface area (TPSA) is 24.4 Å². The smallest absolute Gasteiger partial charge is 0.374 e. The maximum absolute atomic E-state index is 11.5. The first-order valence-corrected chi connectivity index (χ1v) is 3.19. The minimum Gasteiger partial charge on any atom is -0.374 e. The van der Waals surface area contributed by atoms with Crippen molar-refractivity contribution in [1.82, 2.24) is 5.32 Å². The Balaban J connectivity index is 3.43. The number of rotatable bonds is 2. The zero-order chi connectivity index (χ0) is 8.91. The quantitative estimate of drug-likeness (QED) is 0.491. The van der Waals surface area contributed by atoms with E-state index in [1.54, 1.807) is 6.92 Å². The third-order valence-corrected chi connectivity index (χ3v) is 1.12. The summed E-state index contributed by atoms with van der Waals surface area (Å²) in [5, 5.41) is 2.52. The van der Waals surface area contributed by atoms with Crippen molar-refractivity contribution in [2.45, 2.75) is 19.5 Å². The van der Waals surface area contributed by atoms with Gasteiger partial charge in [-0.3, -0.25) is 4.99 Å². The number of hydrogen-bond acceptors (Lipinski definition) is 1. The van der Waals surface area contributed by atoms with Crippen LogP contribution < -0.4 is 5.32 Å². The van der Waals surface area contributed by atoms with Gasteiger partial charge in [-0.1, -0.05) is 0 Å². The van der Waals surface area contributed by atoms with Crippen LogP contribution in [0.4, 0.5) is 13.2 Å². The van der Waals surface area contributed by atoms with E-state index < -0.39 is 12.6 Å². The van der Waals surface area contributed by atoms with Gasteiger partial charge in [-0.25, -0.2) is 0 Å². The van der Waals surface area contributed by atoms with Crippen LogP contribution in [0, 0.1) is 0 Å². The van der Waals surface area contributed by atoms with Crippen molar-refractivity contribution in [2.75, 3.05) is 13.6 Å². The molecule has 5 heteroatoms. The molecule has 0 fully saturated rings. The highest BCUT2D eigenvalue weighted by Crippen LogP contribution is 2.17. The third-order valence-electron chi connectivity index (χ3n) is 1.12. The van der Waals surface area contributed by atoms with Crippen LogP contribution in [0.1, 0.15) is 13.3 Å². The van der Waals surface area contributed by atoms with E-state index >= 15 is 0 Å². The van der Waals surface area contributed by atoms with Crippen molar-refractivity contribution in [1.29, 1.82) is 0 Å². The molecule has 0 radical (unpaired) electrons. The number of halogens is 3. The van der Waals surface area contributed by atoms with Gasteiger partial charge in [-0.15, -0.1) is 0 Å². The third kappa shape index (κ3) is 7.15. The van der Waals surface area contributed by atoms with Gasteiger partial charge in [0.25, 0.3) is 0 Å². The van der Waals surface area contributed by atoms with E-state index in [2.05, 4.69) is 10.3 Å². The molecule has 0 aromatic heterocycles. The summed E-state index contributed by atoms with van der Waals surface area (Å²) in [7, 11) is 1.52. The second-order valence-electron chi connectivity index (χ2n) is 2.10. The van der Waals surface area contributed by atoms with Crippen molar-refractivity contribution in [3.8, 4) is 0 Å². The number of nitrogens with zero attached hydrogens (tertiary/aromatic N) is 1. The van der Waals surface area contributed by atoms with Crippen molar-refractivity contribution in [3.63, 3.8) is 0 Å². The van der Waals surface area contributed by atoms with Crippen LogP contribution in [-0.4, -0.2) is 25.6 Å². The van der Waals surface area contributed by atoms with Gasteiger partial charge in [0, 0.05) is 13.6 Å². The second-order valence-corrected chi connectivity index (χ2v) is 2.10. The SMILES string of the molecule is CN=C(C)NCCC(F)(F)F. The zero-order valence-corrected chi connectivity index (χ0v) is 6.50. The summed E-state index contributed by atoms with van der Waals surface area (Å²) in [6.45, 7) is 1.52. The van der Waals surface area contributed by atoms with Gasteiger partial charge in [-0.05, 0) is 6.92 Å². The van der Waals surface area contributed by atoms with E-state index in [0.29, 0.717) is 5.84 Å². The van der Waals surface area contributed by atoms with Gasteiger partial charge in [0.2, 0.25) is 0 Å². The molecule has 0 bridgehead atoms. The lowest BCUT2D eigenvalue weighted by Gasteiger charge is -2.07. The van der Waals surface area contributed by atoms with Crippen molar-refractivity contribution >= 4 is 5.84 Å². The molecule has 0 heterocycles. The van der Waals surface area contributed by atoms with E-state index in [1.807, 2.05) is 0 Å². The summed E-state index contributed by atoms with van der Waals surface area (Å²) in [6.07, 6.45) is -4.90. The standard InChI is InChI=1S/C6H11F3N2/c1-5(10-2)11-4-3-6(7,8)9/h3-4H2,1-2H3,(H,10,11). The van der Waals surface area contributed by atoms with Crippen LogP contribution in [0.25, 0.3) is 0 Å². The molecule has 0 saturated carbocycles. The largest absolute Gasteiger partial charge is 0.390 e. The number of nitrogens with one attached hydrogen (secondary N) is 1. The Morgan fingerprint density at radius 2 is 2.00 bits per heavy atom. The predicted molar refractivity (Wildman–Crippen MR) is 37.7 cm³/mol. The van der Waals surface area contributed by atoms with Gasteiger partial charge < -0.3 is 5.32 Å². The first kappa shape index (κ1) is 10.3. The molecule has 0 spiro atoms. The predicted octanol–water partition coefficient (Wildman–Crippen LogP) is 1.58. The molecule has 0 unspecified atom stereocenters. The number of alkyl halides is 3. The molecule has 2 nitrogen and oxygen atoms in total. The summed E-state index contributed by atoms with van der Waals surface area (Å²) >= 11 is 0. The molecule has 0 aromatic carbocycles. The monoisotopic (exact) mass is 168 g/mol. The summed E-state index contributed by atoms with van der Waals surface area (Å²) in [5.41, 5.74) is 0. The van der Waals surface area contributed by atoms with E-state index in [9.17, 15) is 13.2 Å². The number of aliphatic imine (C=N–C) groups is 1. The molecule has 0 saturated heterocycles. The van der Waals surface area contributed by atoms with Crippen LogP contribution >= 0.6 is 0 Å². The van der Waals surface area contributed by atoms with Gasteiger partial charge in [0.1, 0.15) is 0 Å². The first-order chi connectivity index (χ1) is 4.95. The first-order valence-electron chi connectivity index (χ1n) is 3.19. The van der Waals surface area contributed by atoms with Gasteiger partial charge in [0.15, 0.2) is 0 Å². The summed E-state index contributed by atoms with van der Waals surface area (Å²) in [5.74, 6) is 0.522. The molecule has 66 valence electrons. The van der Waals surface area contributed by atoms with Crippen molar-refractivity contribution < 1.29 is 13.2 Å². The van der Waals surface area contributed by atoms with Crippen molar-refractivity contribution in [2.24, 2.45) is 4.99 Å². The van der Waals surface area contributed by atoms with E-state index in [4.69, 9.17) is 0 Å². The fourth-order valence-electron chi connectivity index (χ4n) is 0.464. The average Bonchev–Trinajstić information content (AvgIpc) is 1.85. The average molecular weight is 168 g/mol. The molecule has 0 atom stereocenters. The molecule has 0 rings (SSSR count). The minimum atomic E-state index is -4.08. The van der Waals surface area contributed by atoms with Crippen LogP contribution in [0.5, 0.6) is 0 Å². The zero-order valence-electron chi connectivity index (χ0n) is 6.50. The Bertz CT molecular complexity index is 139. The normalized spacial score (nSPS) is 13.4. The Hall–Kier alpha value is -0.740. The molecular formula is C6H11F3N2. The van der Waals surface area contributed by atoms with Crippen LogP contribution in [0.2, 0.25) is 0 Å². The Morgan fingerprint density at radius 1 is 1.45 bits per heavy atom. The molecule has 0 aromatic rings. The Morgan fingerprint density at radius 3 is 2.36 bits per heavy atom. The van der Waals surface area contributed by atoms with Crippen LogP contribution in [0.15, 0.2) is 4.99 Å².